The predicted molar refractivity (Wildman–Crippen MR) is 46.8 cm³/mol. The van der Waals surface area contributed by atoms with E-state index in [1.54, 1.807) is 0 Å². The highest BCUT2D eigenvalue weighted by atomic mass is 35.5. The first-order valence-electron chi connectivity index (χ1n) is 3.86. The van der Waals surface area contributed by atoms with Gasteiger partial charge in [0.1, 0.15) is 0 Å². The zero-order valence-electron chi connectivity index (χ0n) is 7.84. The summed E-state index contributed by atoms with van der Waals surface area (Å²) >= 11 is 5.37. The molecule has 0 bridgehead atoms. The molecule has 1 aromatic rings. The highest BCUT2D eigenvalue weighted by Gasteiger charge is 2.42. The summed E-state index contributed by atoms with van der Waals surface area (Å²) in [7, 11) is 0.941. The van der Waals surface area contributed by atoms with Gasteiger partial charge in [0.05, 0.1) is 12.1 Å². The van der Waals surface area contributed by atoms with Crippen molar-refractivity contribution in [3.8, 4) is 0 Å². The van der Waals surface area contributed by atoms with Gasteiger partial charge in [-0.3, -0.25) is 0 Å². The Kier molecular flexibility index (Phi) is 3.27. The summed E-state index contributed by atoms with van der Waals surface area (Å²) in [6.07, 6.45) is -4.89. The quantitative estimate of drug-likeness (QED) is 0.437. The van der Waals surface area contributed by atoms with Crippen molar-refractivity contribution in [1.82, 2.24) is 0 Å². The number of carbonyl (C=O) groups excluding carboxylic acids is 1. The number of alkyl halides is 3. The standard InChI is InChI=1S/C8H5ClF3NO3/c1-16-7(14)5-2-4(9)3-6(13(5)15)8(10,11)12/h2-3H,1H3. The SMILES string of the molecule is COC(=O)c1cc(Cl)cc(C(F)(F)F)[n+]1[O-]. The van der Waals surface area contributed by atoms with E-state index in [2.05, 4.69) is 4.74 Å². The first kappa shape index (κ1) is 12.6. The fraction of sp³-hybridized carbons (Fsp3) is 0.250. The molecule has 0 spiro atoms. The predicted octanol–water partition coefficient (Wildman–Crippen LogP) is 1.78. The molecule has 1 rings (SSSR count). The van der Waals surface area contributed by atoms with Crippen LogP contribution in [0.2, 0.25) is 5.02 Å². The molecule has 0 aromatic carbocycles. The van der Waals surface area contributed by atoms with Crippen molar-refractivity contribution >= 4 is 17.6 Å². The summed E-state index contributed by atoms with van der Waals surface area (Å²) < 4.78 is 40.6. The van der Waals surface area contributed by atoms with Crippen LogP contribution in [0.1, 0.15) is 16.2 Å². The summed E-state index contributed by atoms with van der Waals surface area (Å²) in [4.78, 5) is 11.0. The number of halogens is 4. The lowest BCUT2D eigenvalue weighted by molar-refractivity contribution is -0.631. The summed E-state index contributed by atoms with van der Waals surface area (Å²) in [5, 5.41) is 10.8. The van der Waals surface area contributed by atoms with Crippen LogP contribution in [0.5, 0.6) is 0 Å². The maximum Gasteiger partial charge on any atom is 0.478 e. The second-order valence-electron chi connectivity index (χ2n) is 2.73. The number of carbonyl (C=O) groups is 1. The van der Waals surface area contributed by atoms with Crippen LogP contribution in [0, 0.1) is 5.21 Å². The molecule has 1 heterocycles. The summed E-state index contributed by atoms with van der Waals surface area (Å²) in [6.45, 7) is 0. The van der Waals surface area contributed by atoms with Crippen molar-refractivity contribution in [3.05, 3.63) is 33.8 Å². The van der Waals surface area contributed by atoms with Crippen LogP contribution in [0.25, 0.3) is 0 Å². The van der Waals surface area contributed by atoms with Gasteiger partial charge in [-0.25, -0.2) is 4.79 Å². The lowest BCUT2D eigenvalue weighted by Crippen LogP contribution is -2.42. The minimum Gasteiger partial charge on any atom is -0.618 e. The van der Waals surface area contributed by atoms with Crippen LogP contribution in [0.15, 0.2) is 12.1 Å². The minimum atomic E-state index is -4.89. The number of hydrogen-bond acceptors (Lipinski definition) is 3. The molecule has 16 heavy (non-hydrogen) atoms. The van der Waals surface area contributed by atoms with Gasteiger partial charge in [0.25, 0.3) is 0 Å². The Balaban J connectivity index is 3.44. The van der Waals surface area contributed by atoms with Crippen molar-refractivity contribution in [2.24, 2.45) is 0 Å². The van der Waals surface area contributed by atoms with Crippen molar-refractivity contribution < 1.29 is 27.4 Å². The third kappa shape index (κ3) is 2.35. The molecule has 0 N–H and O–H groups in total. The second kappa shape index (κ2) is 4.17. The summed E-state index contributed by atoms with van der Waals surface area (Å²) in [6, 6.07) is 1.23. The molecule has 0 amide bonds. The number of ether oxygens (including phenoxy) is 1. The number of hydrogen-bond donors (Lipinski definition) is 0. The smallest absolute Gasteiger partial charge is 0.478 e. The first-order chi connectivity index (χ1) is 7.27. The van der Waals surface area contributed by atoms with E-state index in [0.29, 0.717) is 6.07 Å². The number of nitrogens with zero attached hydrogens (tertiary/aromatic N) is 1. The van der Waals surface area contributed by atoms with Gasteiger partial charge in [-0.05, 0) is 0 Å². The Morgan fingerprint density at radius 2 is 2.06 bits per heavy atom. The van der Waals surface area contributed by atoms with Gasteiger partial charge < -0.3 is 9.94 Å². The maximum atomic E-state index is 12.3. The van der Waals surface area contributed by atoms with E-state index in [9.17, 15) is 23.2 Å². The van der Waals surface area contributed by atoms with E-state index in [0.717, 1.165) is 13.2 Å². The minimum absolute atomic E-state index is 0.375. The van der Waals surface area contributed by atoms with Crippen LogP contribution in [0.3, 0.4) is 0 Å². The number of aromatic nitrogens is 1. The molecule has 0 atom stereocenters. The fourth-order valence-corrected chi connectivity index (χ4v) is 1.20. The molecule has 0 saturated carbocycles. The van der Waals surface area contributed by atoms with E-state index >= 15 is 0 Å². The second-order valence-corrected chi connectivity index (χ2v) is 3.16. The molecular weight excluding hydrogens is 251 g/mol. The highest BCUT2D eigenvalue weighted by molar-refractivity contribution is 6.30. The van der Waals surface area contributed by atoms with E-state index in [1.165, 1.54) is 0 Å². The van der Waals surface area contributed by atoms with E-state index in [-0.39, 0.29) is 5.02 Å². The largest absolute Gasteiger partial charge is 0.618 e. The van der Waals surface area contributed by atoms with Crippen LogP contribution in [-0.4, -0.2) is 13.1 Å². The molecule has 0 aliphatic carbocycles. The number of rotatable bonds is 1. The zero-order valence-corrected chi connectivity index (χ0v) is 8.59. The molecule has 8 heteroatoms. The zero-order chi connectivity index (χ0) is 12.5. The molecule has 0 radical (unpaired) electrons. The van der Waals surface area contributed by atoms with Gasteiger partial charge in [0.2, 0.25) is 0 Å². The molecule has 0 aliphatic heterocycles. The normalized spacial score (nSPS) is 11.3. The Bertz CT molecular complexity index is 433. The maximum absolute atomic E-state index is 12.3. The molecule has 0 unspecified atom stereocenters. The average Bonchev–Trinajstić information content (AvgIpc) is 2.18. The van der Waals surface area contributed by atoms with Gasteiger partial charge in [-0.15, -0.1) is 0 Å². The highest BCUT2D eigenvalue weighted by Crippen LogP contribution is 2.28. The van der Waals surface area contributed by atoms with Gasteiger partial charge in [-0.1, -0.05) is 11.6 Å². The molecule has 0 aliphatic rings. The Hall–Kier alpha value is -1.50. The van der Waals surface area contributed by atoms with Crippen molar-refractivity contribution in [3.63, 3.8) is 0 Å². The first-order valence-corrected chi connectivity index (χ1v) is 4.23. The topological polar surface area (TPSA) is 53.2 Å². The number of methoxy groups -OCH3 is 1. The lowest BCUT2D eigenvalue weighted by Gasteiger charge is -2.10. The average molecular weight is 256 g/mol. The Labute approximate surface area is 92.8 Å². The van der Waals surface area contributed by atoms with Gasteiger partial charge in [-0.2, -0.15) is 17.9 Å². The van der Waals surface area contributed by atoms with Crippen molar-refractivity contribution in [2.75, 3.05) is 7.11 Å². The van der Waals surface area contributed by atoms with E-state index in [4.69, 9.17) is 11.6 Å². The van der Waals surface area contributed by atoms with Gasteiger partial charge in [0, 0.05) is 12.1 Å². The van der Waals surface area contributed by atoms with Crippen LogP contribution in [-0.2, 0) is 10.9 Å². The molecule has 4 nitrogen and oxygen atoms in total. The molecule has 0 fully saturated rings. The molecule has 1 aromatic heterocycles. The third-order valence-corrected chi connectivity index (χ3v) is 1.89. The fourth-order valence-electron chi connectivity index (χ4n) is 0.993. The van der Waals surface area contributed by atoms with Crippen LogP contribution >= 0.6 is 11.6 Å². The molecule has 88 valence electrons. The molecular formula is C8H5ClF3NO3. The summed E-state index contributed by atoms with van der Waals surface area (Å²) in [5.74, 6) is -1.19. The van der Waals surface area contributed by atoms with Crippen molar-refractivity contribution in [2.45, 2.75) is 6.18 Å². The summed E-state index contributed by atoms with van der Waals surface area (Å²) in [5.41, 5.74) is -2.39. The van der Waals surface area contributed by atoms with Crippen LogP contribution in [0.4, 0.5) is 13.2 Å². The monoisotopic (exact) mass is 255 g/mol. The van der Waals surface area contributed by atoms with E-state index in [1.807, 2.05) is 0 Å². The van der Waals surface area contributed by atoms with Gasteiger partial charge >= 0.3 is 23.5 Å². The third-order valence-electron chi connectivity index (χ3n) is 1.67. The Morgan fingerprint density at radius 3 is 2.50 bits per heavy atom. The number of pyridine rings is 1. The Morgan fingerprint density at radius 1 is 1.50 bits per heavy atom. The lowest BCUT2D eigenvalue weighted by atomic mass is 10.3. The van der Waals surface area contributed by atoms with Gasteiger partial charge in [0.15, 0.2) is 0 Å². The van der Waals surface area contributed by atoms with Crippen molar-refractivity contribution in [1.29, 1.82) is 0 Å². The molecule has 0 saturated heterocycles. The van der Waals surface area contributed by atoms with E-state index < -0.39 is 28.3 Å². The number of esters is 1. The van der Waals surface area contributed by atoms with Crippen LogP contribution < -0.4 is 4.73 Å².